The van der Waals surface area contributed by atoms with Crippen molar-refractivity contribution < 1.29 is 4.58 Å². The van der Waals surface area contributed by atoms with Gasteiger partial charge in [-0.2, -0.15) is 0 Å². The number of rotatable bonds is 4. The normalized spacial score (nSPS) is 20.4. The van der Waals surface area contributed by atoms with Crippen molar-refractivity contribution in [1.82, 2.24) is 14.7 Å². The molecule has 0 fully saturated rings. The van der Waals surface area contributed by atoms with Gasteiger partial charge in [-0.05, 0) is 0 Å². The van der Waals surface area contributed by atoms with Gasteiger partial charge >= 0.3 is 0 Å². The number of hydrogen-bond donors (Lipinski definition) is 0. The molecule has 0 radical (unpaired) electrons. The highest BCUT2D eigenvalue weighted by Gasteiger charge is 2.16. The summed E-state index contributed by atoms with van der Waals surface area (Å²) >= 11 is 0. The topological polar surface area (TPSA) is 12.7 Å². The molecule has 84 valence electrons. The van der Waals surface area contributed by atoms with Crippen LogP contribution in [0.3, 0.4) is 0 Å². The summed E-state index contributed by atoms with van der Waals surface area (Å²) < 4.78 is 2.25. The van der Waals surface area contributed by atoms with Gasteiger partial charge in [0.1, 0.15) is 13.1 Å². The second-order valence-electron chi connectivity index (χ2n) is 4.49. The van der Waals surface area contributed by atoms with E-state index in [9.17, 15) is 0 Å². The molecule has 4 heteroatoms. The minimum atomic E-state index is 1.05. The van der Waals surface area contributed by atoms with E-state index < -0.39 is 0 Å². The van der Waals surface area contributed by atoms with Crippen molar-refractivity contribution in [3.8, 4) is 0 Å². The lowest BCUT2D eigenvalue weighted by molar-refractivity contribution is -0.482. The fraction of sp³-hybridized carbons (Fsp3) is 0.727. The van der Waals surface area contributed by atoms with Gasteiger partial charge in [0, 0.05) is 32.4 Å². The first-order chi connectivity index (χ1) is 7.24. The summed E-state index contributed by atoms with van der Waals surface area (Å²) in [5, 5.41) is 0. The molecule has 0 N–H and O–H groups in total. The van der Waals surface area contributed by atoms with E-state index >= 15 is 0 Å². The molecule has 0 amide bonds. The van der Waals surface area contributed by atoms with Gasteiger partial charge in [0.05, 0.1) is 20.3 Å². The van der Waals surface area contributed by atoms with Crippen LogP contribution in [-0.2, 0) is 0 Å². The standard InChI is InChI=1S/C11H21N4/c1-12-6-8-14(10-12)4-3-5-15-9-7-13(2)11-15/h6,8,11H,3-5,7,9-10H2,1-2H3/q+1. The number of likely N-dealkylation sites (N-methyl/N-ethyl adjacent to an activating group) is 1. The second-order valence-corrected chi connectivity index (χ2v) is 4.49. The molecular formula is C11H21N4+. The number of nitrogens with zero attached hydrogens (tertiary/aromatic N) is 4. The van der Waals surface area contributed by atoms with Crippen molar-refractivity contribution in [3.05, 3.63) is 12.4 Å². The summed E-state index contributed by atoms with van der Waals surface area (Å²) in [5.41, 5.74) is 0. The fourth-order valence-electron chi connectivity index (χ4n) is 2.06. The highest BCUT2D eigenvalue weighted by atomic mass is 15.3. The Hall–Kier alpha value is -1.19. The Morgan fingerprint density at radius 2 is 2.00 bits per heavy atom. The molecule has 0 aromatic carbocycles. The Labute approximate surface area is 92.1 Å². The van der Waals surface area contributed by atoms with Gasteiger partial charge in [0.15, 0.2) is 0 Å². The van der Waals surface area contributed by atoms with Crippen molar-refractivity contribution in [1.29, 1.82) is 0 Å². The lowest BCUT2D eigenvalue weighted by atomic mass is 10.4. The van der Waals surface area contributed by atoms with Crippen LogP contribution < -0.4 is 0 Å². The van der Waals surface area contributed by atoms with Crippen LogP contribution in [0.1, 0.15) is 6.42 Å². The molecule has 2 aliphatic rings. The summed E-state index contributed by atoms with van der Waals surface area (Å²) in [4.78, 5) is 6.97. The fourth-order valence-corrected chi connectivity index (χ4v) is 2.06. The molecule has 0 spiro atoms. The SMILES string of the molecule is CN1C=CN(CCCN2C=[N+](C)CC2)C1. The minimum Gasteiger partial charge on any atom is -0.362 e. The van der Waals surface area contributed by atoms with Crippen molar-refractivity contribution in [2.75, 3.05) is 46.9 Å². The van der Waals surface area contributed by atoms with E-state index in [1.807, 2.05) is 0 Å². The van der Waals surface area contributed by atoms with Crippen LogP contribution in [0.5, 0.6) is 0 Å². The Morgan fingerprint density at radius 3 is 2.60 bits per heavy atom. The molecular weight excluding hydrogens is 188 g/mol. The molecule has 0 saturated carbocycles. The first-order valence-corrected chi connectivity index (χ1v) is 5.66. The molecule has 2 aliphatic heterocycles. The van der Waals surface area contributed by atoms with Crippen LogP contribution in [0.25, 0.3) is 0 Å². The smallest absolute Gasteiger partial charge is 0.234 e. The lowest BCUT2D eigenvalue weighted by Crippen LogP contribution is -2.27. The van der Waals surface area contributed by atoms with Gasteiger partial charge in [0.25, 0.3) is 0 Å². The maximum absolute atomic E-state index is 2.41. The predicted molar refractivity (Wildman–Crippen MR) is 61.8 cm³/mol. The zero-order chi connectivity index (χ0) is 10.7. The molecule has 0 aliphatic carbocycles. The Morgan fingerprint density at radius 1 is 1.20 bits per heavy atom. The van der Waals surface area contributed by atoms with Crippen molar-refractivity contribution >= 4 is 6.34 Å². The minimum absolute atomic E-state index is 1.05. The van der Waals surface area contributed by atoms with Gasteiger partial charge in [-0.15, -0.1) is 0 Å². The molecule has 0 aromatic heterocycles. The average Bonchev–Trinajstić information content (AvgIpc) is 2.76. The summed E-state index contributed by atoms with van der Waals surface area (Å²) in [6.45, 7) is 5.75. The van der Waals surface area contributed by atoms with E-state index in [0.717, 1.165) is 13.2 Å². The van der Waals surface area contributed by atoms with E-state index in [2.05, 4.69) is 52.1 Å². The van der Waals surface area contributed by atoms with Crippen molar-refractivity contribution in [2.24, 2.45) is 0 Å². The highest BCUT2D eigenvalue weighted by molar-refractivity contribution is 5.50. The lowest BCUT2D eigenvalue weighted by Gasteiger charge is -2.18. The van der Waals surface area contributed by atoms with Crippen LogP contribution in [0.2, 0.25) is 0 Å². The van der Waals surface area contributed by atoms with E-state index in [-0.39, 0.29) is 0 Å². The molecule has 2 heterocycles. The van der Waals surface area contributed by atoms with E-state index in [1.54, 1.807) is 0 Å². The van der Waals surface area contributed by atoms with Crippen LogP contribution in [0, 0.1) is 0 Å². The molecule has 0 saturated heterocycles. The molecule has 15 heavy (non-hydrogen) atoms. The zero-order valence-corrected chi connectivity index (χ0v) is 9.76. The molecule has 0 unspecified atom stereocenters. The van der Waals surface area contributed by atoms with Gasteiger partial charge in [-0.25, -0.2) is 0 Å². The molecule has 0 atom stereocenters. The monoisotopic (exact) mass is 209 g/mol. The second kappa shape index (κ2) is 4.55. The van der Waals surface area contributed by atoms with Crippen molar-refractivity contribution in [3.63, 3.8) is 0 Å². The summed E-state index contributed by atoms with van der Waals surface area (Å²) in [6, 6.07) is 0. The average molecular weight is 209 g/mol. The van der Waals surface area contributed by atoms with Crippen LogP contribution in [0.15, 0.2) is 12.4 Å². The van der Waals surface area contributed by atoms with Crippen LogP contribution in [-0.4, -0.2) is 72.6 Å². The molecule has 2 rings (SSSR count). The largest absolute Gasteiger partial charge is 0.362 e. The van der Waals surface area contributed by atoms with Gasteiger partial charge in [0.2, 0.25) is 6.34 Å². The third kappa shape index (κ3) is 2.88. The Kier molecular flexibility index (Phi) is 3.14. The molecule has 0 bridgehead atoms. The van der Waals surface area contributed by atoms with E-state index in [0.29, 0.717) is 0 Å². The third-order valence-corrected chi connectivity index (χ3v) is 2.93. The van der Waals surface area contributed by atoms with Gasteiger partial charge in [-0.3, -0.25) is 9.48 Å². The summed E-state index contributed by atoms with van der Waals surface area (Å²) in [7, 11) is 4.25. The Balaban J connectivity index is 1.61. The molecule has 0 aromatic rings. The first kappa shape index (κ1) is 10.3. The maximum Gasteiger partial charge on any atom is 0.234 e. The zero-order valence-electron chi connectivity index (χ0n) is 9.76. The van der Waals surface area contributed by atoms with E-state index in [4.69, 9.17) is 0 Å². The van der Waals surface area contributed by atoms with Gasteiger partial charge in [-0.1, -0.05) is 0 Å². The van der Waals surface area contributed by atoms with Crippen LogP contribution in [0.4, 0.5) is 0 Å². The first-order valence-electron chi connectivity index (χ1n) is 5.66. The van der Waals surface area contributed by atoms with Gasteiger partial charge < -0.3 is 9.80 Å². The number of hydrogen-bond acceptors (Lipinski definition) is 3. The summed E-state index contributed by atoms with van der Waals surface area (Å²) in [6.07, 6.45) is 7.78. The Bertz CT molecular complexity index is 272. The highest BCUT2D eigenvalue weighted by Crippen LogP contribution is 2.04. The van der Waals surface area contributed by atoms with Crippen LogP contribution >= 0.6 is 0 Å². The predicted octanol–water partition coefficient (Wildman–Crippen LogP) is 0.0388. The molecule has 4 nitrogen and oxygen atoms in total. The van der Waals surface area contributed by atoms with Crippen molar-refractivity contribution in [2.45, 2.75) is 6.42 Å². The quantitative estimate of drug-likeness (QED) is 0.607. The maximum atomic E-state index is 2.41. The third-order valence-electron chi connectivity index (χ3n) is 2.93. The van der Waals surface area contributed by atoms with E-state index in [1.165, 1.54) is 26.1 Å². The summed E-state index contributed by atoms with van der Waals surface area (Å²) in [5.74, 6) is 0.